The molecule has 0 saturated heterocycles. The lowest BCUT2D eigenvalue weighted by atomic mass is 10.2. The third kappa shape index (κ3) is 2.72. The lowest BCUT2D eigenvalue weighted by Crippen LogP contribution is -2.23. The maximum absolute atomic E-state index is 12.6. The summed E-state index contributed by atoms with van der Waals surface area (Å²) in [5.74, 6) is 1.73. The van der Waals surface area contributed by atoms with E-state index in [1.807, 2.05) is 19.9 Å². The Bertz CT molecular complexity index is 1010. The summed E-state index contributed by atoms with van der Waals surface area (Å²) >= 11 is 0. The van der Waals surface area contributed by atoms with Gasteiger partial charge in [0.1, 0.15) is 23.3 Å². The Balaban J connectivity index is 1.98. The highest BCUT2D eigenvalue weighted by Crippen LogP contribution is 2.19. The second-order valence-corrected chi connectivity index (χ2v) is 5.33. The van der Waals surface area contributed by atoms with E-state index in [9.17, 15) is 4.79 Å². The summed E-state index contributed by atoms with van der Waals surface area (Å²) in [5.41, 5.74) is 0.538. The van der Waals surface area contributed by atoms with E-state index in [0.29, 0.717) is 29.8 Å². The smallest absolute Gasteiger partial charge is 0.260 e. The minimum absolute atomic E-state index is 0.200. The van der Waals surface area contributed by atoms with Gasteiger partial charge in [-0.1, -0.05) is 0 Å². The van der Waals surface area contributed by atoms with E-state index in [2.05, 4.69) is 15.1 Å². The minimum Gasteiger partial charge on any atom is -0.480 e. The molecule has 3 aromatic rings. The molecular weight excluding hydrogens is 308 g/mol. The Morgan fingerprint density at radius 2 is 2.08 bits per heavy atom. The van der Waals surface area contributed by atoms with Gasteiger partial charge in [0.25, 0.3) is 5.56 Å². The lowest BCUT2D eigenvalue weighted by molar-refractivity contribution is 0.398. The average molecular weight is 324 g/mol. The lowest BCUT2D eigenvalue weighted by Gasteiger charge is -2.09. The minimum atomic E-state index is -0.200. The van der Waals surface area contributed by atoms with Crippen molar-refractivity contribution >= 4 is 10.9 Å². The SMILES string of the molecule is COc1nc2ccn(CCn3nc(C)nc3C)c(=O)c2cc1C#N. The van der Waals surface area contributed by atoms with Gasteiger partial charge < -0.3 is 9.30 Å². The first-order chi connectivity index (χ1) is 11.5. The molecule has 3 heterocycles. The van der Waals surface area contributed by atoms with Crippen LogP contribution in [-0.4, -0.2) is 31.4 Å². The van der Waals surface area contributed by atoms with Crippen LogP contribution in [0.25, 0.3) is 10.9 Å². The average Bonchev–Trinajstić information content (AvgIpc) is 2.90. The maximum Gasteiger partial charge on any atom is 0.260 e. The zero-order valence-electron chi connectivity index (χ0n) is 13.6. The van der Waals surface area contributed by atoms with Crippen molar-refractivity contribution in [3.63, 3.8) is 0 Å². The Hall–Kier alpha value is -3.21. The van der Waals surface area contributed by atoms with Crippen molar-refractivity contribution in [2.45, 2.75) is 26.9 Å². The molecular formula is C16H16N6O2. The molecule has 0 spiro atoms. The van der Waals surface area contributed by atoms with Gasteiger partial charge in [-0.15, -0.1) is 0 Å². The number of aryl methyl sites for hydroxylation is 4. The van der Waals surface area contributed by atoms with Crippen LogP contribution < -0.4 is 10.3 Å². The Morgan fingerprint density at radius 1 is 1.29 bits per heavy atom. The molecule has 0 atom stereocenters. The highest BCUT2D eigenvalue weighted by molar-refractivity contribution is 5.79. The Morgan fingerprint density at radius 3 is 2.71 bits per heavy atom. The molecule has 0 aliphatic rings. The van der Waals surface area contributed by atoms with E-state index in [1.54, 1.807) is 21.5 Å². The fourth-order valence-electron chi connectivity index (χ4n) is 2.58. The third-order valence-corrected chi connectivity index (χ3v) is 3.75. The maximum atomic E-state index is 12.6. The number of ether oxygens (including phenoxy) is 1. The Labute approximate surface area is 138 Å². The highest BCUT2D eigenvalue weighted by atomic mass is 16.5. The first kappa shape index (κ1) is 15.7. The zero-order chi connectivity index (χ0) is 17.3. The summed E-state index contributed by atoms with van der Waals surface area (Å²) in [6.07, 6.45) is 1.68. The van der Waals surface area contributed by atoms with Crippen molar-refractivity contribution < 1.29 is 4.74 Å². The quantitative estimate of drug-likeness (QED) is 0.715. The summed E-state index contributed by atoms with van der Waals surface area (Å²) in [6.45, 7) is 4.69. The van der Waals surface area contributed by atoms with Crippen LogP contribution >= 0.6 is 0 Å². The van der Waals surface area contributed by atoms with E-state index in [-0.39, 0.29) is 17.0 Å². The van der Waals surface area contributed by atoms with Gasteiger partial charge in [0.05, 0.1) is 24.6 Å². The standard InChI is InChI=1S/C16H16N6O2/c1-10-18-11(2)22(20-10)7-6-21-5-4-14-13(16(21)23)8-12(9-17)15(19-14)24-3/h4-5,8H,6-7H2,1-3H3. The number of pyridine rings is 2. The molecule has 3 rings (SSSR count). The molecule has 0 aliphatic carbocycles. The number of rotatable bonds is 4. The van der Waals surface area contributed by atoms with E-state index in [0.717, 1.165) is 5.82 Å². The molecule has 122 valence electrons. The molecule has 0 fully saturated rings. The van der Waals surface area contributed by atoms with Gasteiger partial charge in [0, 0.05) is 12.7 Å². The molecule has 0 saturated carbocycles. The monoisotopic (exact) mass is 324 g/mol. The van der Waals surface area contributed by atoms with Gasteiger partial charge in [0.15, 0.2) is 0 Å². The molecule has 8 nitrogen and oxygen atoms in total. The van der Waals surface area contributed by atoms with Crippen LogP contribution in [0.3, 0.4) is 0 Å². The van der Waals surface area contributed by atoms with Crippen LogP contribution in [0, 0.1) is 25.2 Å². The number of hydrogen-bond donors (Lipinski definition) is 0. The fraction of sp³-hybridized carbons (Fsp3) is 0.312. The fourth-order valence-corrected chi connectivity index (χ4v) is 2.58. The summed E-state index contributed by atoms with van der Waals surface area (Å²) in [4.78, 5) is 21.1. The van der Waals surface area contributed by atoms with E-state index in [4.69, 9.17) is 10.00 Å². The molecule has 0 aliphatic heterocycles. The first-order valence-corrected chi connectivity index (χ1v) is 7.40. The highest BCUT2D eigenvalue weighted by Gasteiger charge is 2.11. The van der Waals surface area contributed by atoms with Crippen molar-refractivity contribution in [3.8, 4) is 11.9 Å². The Kier molecular flexibility index (Phi) is 4.00. The molecule has 0 N–H and O–H groups in total. The van der Waals surface area contributed by atoms with Crippen LogP contribution in [0.2, 0.25) is 0 Å². The van der Waals surface area contributed by atoms with E-state index < -0.39 is 0 Å². The molecule has 0 amide bonds. The van der Waals surface area contributed by atoms with Crippen molar-refractivity contribution in [3.05, 3.63) is 45.9 Å². The second kappa shape index (κ2) is 6.12. The predicted molar refractivity (Wildman–Crippen MR) is 86.8 cm³/mol. The molecule has 3 aromatic heterocycles. The molecule has 8 heteroatoms. The molecule has 24 heavy (non-hydrogen) atoms. The van der Waals surface area contributed by atoms with Gasteiger partial charge in [-0.05, 0) is 26.0 Å². The van der Waals surface area contributed by atoms with Gasteiger partial charge >= 0.3 is 0 Å². The number of fused-ring (bicyclic) bond motifs is 1. The van der Waals surface area contributed by atoms with Crippen molar-refractivity contribution in [2.75, 3.05) is 7.11 Å². The van der Waals surface area contributed by atoms with Crippen molar-refractivity contribution in [2.24, 2.45) is 0 Å². The topological polar surface area (TPSA) is 98.6 Å². The number of nitriles is 1. The predicted octanol–water partition coefficient (Wildman–Crippen LogP) is 1.19. The third-order valence-electron chi connectivity index (χ3n) is 3.75. The normalized spacial score (nSPS) is 10.8. The second-order valence-electron chi connectivity index (χ2n) is 5.33. The number of nitrogens with zero attached hydrogens (tertiary/aromatic N) is 6. The van der Waals surface area contributed by atoms with Crippen LogP contribution in [0.4, 0.5) is 0 Å². The van der Waals surface area contributed by atoms with Crippen molar-refractivity contribution in [1.82, 2.24) is 24.3 Å². The number of hydrogen-bond acceptors (Lipinski definition) is 6. The molecule has 0 bridgehead atoms. The molecule has 0 radical (unpaired) electrons. The van der Waals surface area contributed by atoms with Gasteiger partial charge in [-0.3, -0.25) is 4.79 Å². The molecule has 0 unspecified atom stereocenters. The summed E-state index contributed by atoms with van der Waals surface area (Å²) in [6, 6.07) is 5.25. The number of methoxy groups -OCH3 is 1. The van der Waals surface area contributed by atoms with Gasteiger partial charge in [0.2, 0.25) is 5.88 Å². The van der Waals surface area contributed by atoms with Gasteiger partial charge in [-0.25, -0.2) is 14.6 Å². The molecule has 0 aromatic carbocycles. The van der Waals surface area contributed by atoms with E-state index >= 15 is 0 Å². The van der Waals surface area contributed by atoms with Gasteiger partial charge in [-0.2, -0.15) is 10.4 Å². The zero-order valence-corrected chi connectivity index (χ0v) is 13.6. The first-order valence-electron chi connectivity index (χ1n) is 7.40. The van der Waals surface area contributed by atoms with Crippen LogP contribution in [0.15, 0.2) is 23.1 Å². The van der Waals surface area contributed by atoms with Crippen molar-refractivity contribution in [1.29, 1.82) is 5.26 Å². The largest absolute Gasteiger partial charge is 0.480 e. The summed E-state index contributed by atoms with van der Waals surface area (Å²) in [7, 11) is 1.44. The van der Waals surface area contributed by atoms with Crippen LogP contribution in [-0.2, 0) is 13.1 Å². The summed E-state index contributed by atoms with van der Waals surface area (Å²) < 4.78 is 8.41. The summed E-state index contributed by atoms with van der Waals surface area (Å²) in [5, 5.41) is 13.8. The van der Waals surface area contributed by atoms with Crippen LogP contribution in [0.5, 0.6) is 5.88 Å². The van der Waals surface area contributed by atoms with E-state index in [1.165, 1.54) is 13.2 Å². The number of aromatic nitrogens is 5. The van der Waals surface area contributed by atoms with Crippen LogP contribution in [0.1, 0.15) is 17.2 Å².